The largest absolute Gasteiger partial charge is 0.393 e. The lowest BCUT2D eigenvalue weighted by atomic mass is 9.43. The van der Waals surface area contributed by atoms with Crippen LogP contribution in [0, 0.1) is 39.4 Å². The summed E-state index contributed by atoms with van der Waals surface area (Å²) in [5.74, 6) is 2.32. The Morgan fingerprint density at radius 3 is 2.35 bits per heavy atom. The number of fused-ring (bicyclic) bond motifs is 4. The second kappa shape index (κ2) is 7.75. The molecule has 4 rings (SSSR count). The van der Waals surface area contributed by atoms with E-state index >= 15 is 0 Å². The summed E-state index contributed by atoms with van der Waals surface area (Å²) in [4.78, 5) is 0. The molecule has 2 saturated carbocycles. The summed E-state index contributed by atoms with van der Waals surface area (Å²) in [6.45, 7) is 19.6. The molecule has 0 radical (unpaired) electrons. The Morgan fingerprint density at radius 2 is 1.68 bits per heavy atom. The molecule has 0 unspecified atom stereocenters. The Labute approximate surface area is 193 Å². The highest BCUT2D eigenvalue weighted by atomic mass is 16.3. The van der Waals surface area contributed by atoms with Gasteiger partial charge in [-0.3, -0.25) is 0 Å². The minimum absolute atomic E-state index is 0.0465. The monoisotopic (exact) mass is 426 g/mol. The number of allylic oxidation sites excluding steroid dienone is 4. The lowest BCUT2D eigenvalue weighted by Crippen LogP contribution is -2.55. The van der Waals surface area contributed by atoms with Crippen molar-refractivity contribution in [2.24, 2.45) is 39.4 Å². The van der Waals surface area contributed by atoms with Crippen molar-refractivity contribution in [2.45, 2.75) is 126 Å². The average molecular weight is 427 g/mol. The molecule has 0 bridgehead atoms. The third kappa shape index (κ3) is 3.34. The topological polar surface area (TPSA) is 20.2 Å². The average Bonchev–Trinajstić information content (AvgIpc) is 2.96. The zero-order valence-electron chi connectivity index (χ0n) is 21.9. The van der Waals surface area contributed by atoms with Crippen molar-refractivity contribution in [1.82, 2.24) is 0 Å². The Balaban J connectivity index is 1.65. The molecule has 31 heavy (non-hydrogen) atoms. The predicted octanol–water partition coefficient (Wildman–Crippen LogP) is 8.48. The molecular weight excluding hydrogens is 376 g/mol. The molecule has 1 heteroatoms. The molecule has 176 valence electrons. The van der Waals surface area contributed by atoms with Gasteiger partial charge in [0, 0.05) is 0 Å². The quantitative estimate of drug-likeness (QED) is 0.447. The van der Waals surface area contributed by atoms with Crippen LogP contribution >= 0.6 is 0 Å². The molecule has 7 atom stereocenters. The summed E-state index contributed by atoms with van der Waals surface area (Å²) >= 11 is 0. The van der Waals surface area contributed by atoms with Crippen molar-refractivity contribution < 1.29 is 5.11 Å². The van der Waals surface area contributed by atoms with E-state index in [1.54, 1.807) is 0 Å². The van der Waals surface area contributed by atoms with Crippen molar-refractivity contribution in [2.75, 3.05) is 0 Å². The number of hydrogen-bond donors (Lipinski definition) is 1. The highest BCUT2D eigenvalue weighted by Crippen LogP contribution is 2.72. The summed E-state index contributed by atoms with van der Waals surface area (Å²) < 4.78 is 0. The molecule has 0 saturated heterocycles. The van der Waals surface area contributed by atoms with Crippen LogP contribution in [0.4, 0.5) is 0 Å². The van der Waals surface area contributed by atoms with E-state index in [1.807, 2.05) is 11.1 Å². The Kier molecular flexibility index (Phi) is 5.90. The minimum Gasteiger partial charge on any atom is -0.393 e. The second-order valence-electron chi connectivity index (χ2n) is 13.6. The smallest absolute Gasteiger partial charge is 0.0594 e. The molecular formula is C30H50O. The van der Waals surface area contributed by atoms with Gasteiger partial charge in [-0.05, 0) is 117 Å². The van der Waals surface area contributed by atoms with Crippen LogP contribution in [0.15, 0.2) is 22.8 Å². The number of hydrogen-bond acceptors (Lipinski definition) is 1. The van der Waals surface area contributed by atoms with Gasteiger partial charge in [0.15, 0.2) is 0 Å². The third-order valence-electron chi connectivity index (χ3n) is 11.7. The van der Waals surface area contributed by atoms with E-state index in [1.165, 1.54) is 63.4 Å². The van der Waals surface area contributed by atoms with Gasteiger partial charge in [-0.15, -0.1) is 0 Å². The van der Waals surface area contributed by atoms with E-state index in [9.17, 15) is 5.11 Å². The van der Waals surface area contributed by atoms with Crippen molar-refractivity contribution in [1.29, 1.82) is 0 Å². The maximum absolute atomic E-state index is 10.8. The van der Waals surface area contributed by atoms with Crippen LogP contribution in [0.2, 0.25) is 0 Å². The first kappa shape index (κ1) is 23.6. The Morgan fingerprint density at radius 1 is 0.968 bits per heavy atom. The molecule has 0 spiro atoms. The fraction of sp³-hybridized carbons (Fsp3) is 0.867. The van der Waals surface area contributed by atoms with Gasteiger partial charge in [0.2, 0.25) is 0 Å². The zero-order valence-corrected chi connectivity index (χ0v) is 21.9. The van der Waals surface area contributed by atoms with E-state index in [0.717, 1.165) is 18.3 Å². The van der Waals surface area contributed by atoms with Crippen molar-refractivity contribution in [3.8, 4) is 0 Å². The number of rotatable bonds is 4. The molecule has 0 amide bonds. The molecule has 0 heterocycles. The lowest BCUT2D eigenvalue weighted by molar-refractivity contribution is -0.0962. The van der Waals surface area contributed by atoms with Gasteiger partial charge in [0.05, 0.1) is 6.10 Å². The SMILES string of the molecule is CC(C)=CCC[C@@H](C)[C@H]1CC[C@@]2(C)C3=C(CC[C@]12C)[C@]1(C)CC[C@@H](O)C(C)(C)[C@@H]1CC3. The molecule has 2 fully saturated rings. The highest BCUT2D eigenvalue weighted by molar-refractivity contribution is 5.38. The van der Waals surface area contributed by atoms with Crippen LogP contribution in [0.1, 0.15) is 120 Å². The molecule has 0 aromatic rings. The maximum atomic E-state index is 10.8. The van der Waals surface area contributed by atoms with Crippen molar-refractivity contribution in [3.05, 3.63) is 22.8 Å². The standard InChI is InChI=1S/C30H50O/c1-20(2)10-9-11-21(3)22-14-18-30(8)24-12-13-25-27(4,5)26(31)16-17-28(25,6)23(24)15-19-29(22,30)7/h10,21-22,25-26,31H,9,11-19H2,1-8H3/t21-,22-,25+,26-,28+,29-,30+/m1/s1. The molecule has 4 aliphatic rings. The minimum atomic E-state index is -0.130. The molecule has 0 aromatic carbocycles. The second-order valence-corrected chi connectivity index (χ2v) is 13.6. The molecule has 1 nitrogen and oxygen atoms in total. The van der Waals surface area contributed by atoms with Crippen LogP contribution in [-0.2, 0) is 0 Å². The highest BCUT2D eigenvalue weighted by Gasteiger charge is 2.63. The fourth-order valence-corrected chi connectivity index (χ4v) is 9.47. The van der Waals surface area contributed by atoms with E-state index in [2.05, 4.69) is 61.5 Å². The summed E-state index contributed by atoms with van der Waals surface area (Å²) in [6, 6.07) is 0. The number of aliphatic hydroxyl groups excluding tert-OH is 1. The van der Waals surface area contributed by atoms with E-state index in [-0.39, 0.29) is 11.5 Å². The van der Waals surface area contributed by atoms with Crippen LogP contribution in [0.5, 0.6) is 0 Å². The Bertz CT molecular complexity index is 767. The zero-order chi connectivity index (χ0) is 22.8. The van der Waals surface area contributed by atoms with Crippen molar-refractivity contribution >= 4 is 0 Å². The van der Waals surface area contributed by atoms with Crippen LogP contribution in [0.3, 0.4) is 0 Å². The predicted molar refractivity (Wildman–Crippen MR) is 133 cm³/mol. The van der Waals surface area contributed by atoms with Gasteiger partial charge in [0.25, 0.3) is 0 Å². The number of aliphatic hydroxyl groups is 1. The Hall–Kier alpha value is -0.560. The van der Waals surface area contributed by atoms with Crippen LogP contribution in [0.25, 0.3) is 0 Å². The first-order valence-corrected chi connectivity index (χ1v) is 13.4. The molecule has 4 aliphatic carbocycles. The first-order valence-electron chi connectivity index (χ1n) is 13.4. The van der Waals surface area contributed by atoms with Gasteiger partial charge in [-0.1, -0.05) is 64.3 Å². The fourth-order valence-electron chi connectivity index (χ4n) is 9.47. The van der Waals surface area contributed by atoms with E-state index < -0.39 is 0 Å². The summed E-state index contributed by atoms with van der Waals surface area (Å²) in [5, 5.41) is 10.8. The first-order chi connectivity index (χ1) is 14.4. The summed E-state index contributed by atoms with van der Waals surface area (Å²) in [6.07, 6.45) is 15.2. The van der Waals surface area contributed by atoms with Gasteiger partial charge in [0.1, 0.15) is 0 Å². The molecule has 0 aliphatic heterocycles. The van der Waals surface area contributed by atoms with Gasteiger partial charge >= 0.3 is 0 Å². The molecule has 1 N–H and O–H groups in total. The lowest BCUT2D eigenvalue weighted by Gasteiger charge is -2.62. The molecule has 0 aromatic heterocycles. The van der Waals surface area contributed by atoms with Crippen LogP contribution in [-0.4, -0.2) is 11.2 Å². The van der Waals surface area contributed by atoms with Gasteiger partial charge < -0.3 is 5.11 Å². The van der Waals surface area contributed by atoms with Crippen molar-refractivity contribution in [3.63, 3.8) is 0 Å². The van der Waals surface area contributed by atoms with Crippen LogP contribution < -0.4 is 0 Å². The normalized spacial score (nSPS) is 44.9. The summed E-state index contributed by atoms with van der Waals surface area (Å²) in [7, 11) is 0. The van der Waals surface area contributed by atoms with Gasteiger partial charge in [-0.2, -0.15) is 0 Å². The van der Waals surface area contributed by atoms with E-state index in [0.29, 0.717) is 22.2 Å². The van der Waals surface area contributed by atoms with Gasteiger partial charge in [-0.25, -0.2) is 0 Å². The van der Waals surface area contributed by atoms with E-state index in [4.69, 9.17) is 0 Å². The third-order valence-corrected chi connectivity index (χ3v) is 11.7. The maximum Gasteiger partial charge on any atom is 0.0594 e. The summed E-state index contributed by atoms with van der Waals surface area (Å²) in [5.41, 5.74) is 6.41.